The van der Waals surface area contributed by atoms with Gasteiger partial charge in [0, 0.05) is 11.8 Å². The maximum atomic E-state index is 14.7. The molecule has 3 aromatic heterocycles. The number of hydrogen-bond acceptors (Lipinski definition) is 5. The van der Waals surface area contributed by atoms with Crippen molar-refractivity contribution in [2.45, 2.75) is 13.0 Å². The molecule has 1 atom stereocenters. The molecule has 0 bridgehead atoms. The van der Waals surface area contributed by atoms with Gasteiger partial charge in [0.2, 0.25) is 0 Å². The molecule has 160 valence electrons. The second-order valence-corrected chi connectivity index (χ2v) is 7.20. The van der Waals surface area contributed by atoms with Gasteiger partial charge in [0.05, 0.1) is 23.4 Å². The maximum Gasteiger partial charge on any atom is 0.266 e. The Labute approximate surface area is 178 Å². The number of benzene rings is 2. The van der Waals surface area contributed by atoms with E-state index in [0.29, 0.717) is 22.4 Å². The number of halogens is 3. The monoisotopic (exact) mass is 436 g/mol. The average molecular weight is 436 g/mol. The fourth-order valence-electron chi connectivity index (χ4n) is 3.71. The van der Waals surface area contributed by atoms with Gasteiger partial charge in [-0.15, -0.1) is 0 Å². The average Bonchev–Trinajstić information content (AvgIpc) is 3.25. The minimum absolute atomic E-state index is 0.219. The number of imidazole rings is 1. The molecule has 0 saturated heterocycles. The third-order valence-electron chi connectivity index (χ3n) is 5.19. The summed E-state index contributed by atoms with van der Waals surface area (Å²) in [7, 11) is 0. The highest BCUT2D eigenvalue weighted by atomic mass is 19.1. The van der Waals surface area contributed by atoms with E-state index in [0.717, 1.165) is 28.8 Å². The number of aromatic nitrogens is 5. The van der Waals surface area contributed by atoms with E-state index >= 15 is 0 Å². The van der Waals surface area contributed by atoms with E-state index < -0.39 is 29.1 Å². The van der Waals surface area contributed by atoms with Gasteiger partial charge in [-0.1, -0.05) is 12.1 Å². The van der Waals surface area contributed by atoms with Crippen LogP contribution in [0.2, 0.25) is 0 Å². The van der Waals surface area contributed by atoms with Gasteiger partial charge in [-0.25, -0.2) is 28.1 Å². The third kappa shape index (κ3) is 3.16. The smallest absolute Gasteiger partial charge is 0.266 e. The van der Waals surface area contributed by atoms with E-state index in [1.54, 1.807) is 19.1 Å². The van der Waals surface area contributed by atoms with Crippen molar-refractivity contribution in [3.05, 3.63) is 88.6 Å². The number of nitrogens with zero attached hydrogens (tertiary/aromatic N) is 4. The van der Waals surface area contributed by atoms with E-state index in [2.05, 4.69) is 25.3 Å². The zero-order chi connectivity index (χ0) is 22.4. The number of fused-ring (bicyclic) bond motifs is 2. The van der Waals surface area contributed by atoms with Crippen LogP contribution in [0.3, 0.4) is 0 Å². The number of nitrogens with one attached hydrogen (secondary N) is 2. The normalized spacial score (nSPS) is 12.4. The molecule has 0 fully saturated rings. The van der Waals surface area contributed by atoms with Crippen LogP contribution in [0.15, 0.2) is 59.9 Å². The lowest BCUT2D eigenvalue weighted by Crippen LogP contribution is -2.27. The third-order valence-corrected chi connectivity index (χ3v) is 5.19. The van der Waals surface area contributed by atoms with Crippen LogP contribution in [0.5, 0.6) is 0 Å². The van der Waals surface area contributed by atoms with Gasteiger partial charge in [0.25, 0.3) is 5.56 Å². The van der Waals surface area contributed by atoms with Gasteiger partial charge in [-0.05, 0) is 36.6 Å². The van der Waals surface area contributed by atoms with Crippen LogP contribution in [0.1, 0.15) is 18.7 Å². The predicted molar refractivity (Wildman–Crippen MR) is 113 cm³/mol. The number of rotatable bonds is 4. The van der Waals surface area contributed by atoms with Gasteiger partial charge < -0.3 is 10.3 Å². The van der Waals surface area contributed by atoms with Crippen molar-refractivity contribution in [1.29, 1.82) is 0 Å². The Balaban J connectivity index is 1.75. The van der Waals surface area contributed by atoms with Crippen molar-refractivity contribution in [1.82, 2.24) is 24.5 Å². The first-order valence-electron chi connectivity index (χ1n) is 9.64. The molecular weight excluding hydrogens is 421 g/mol. The maximum absolute atomic E-state index is 14.7. The Morgan fingerprint density at radius 1 is 1.03 bits per heavy atom. The first kappa shape index (κ1) is 19.7. The van der Waals surface area contributed by atoms with E-state index in [1.165, 1.54) is 18.7 Å². The molecule has 5 rings (SSSR count). The van der Waals surface area contributed by atoms with E-state index in [9.17, 15) is 18.0 Å². The van der Waals surface area contributed by atoms with Gasteiger partial charge in [0.1, 0.15) is 29.3 Å². The quantitative estimate of drug-likeness (QED) is 0.440. The first-order valence-corrected chi connectivity index (χ1v) is 9.64. The van der Waals surface area contributed by atoms with Gasteiger partial charge in [-0.2, -0.15) is 0 Å². The van der Waals surface area contributed by atoms with Crippen LogP contribution in [0, 0.1) is 17.5 Å². The molecule has 0 saturated carbocycles. The largest absolute Gasteiger partial charge is 0.360 e. The molecule has 32 heavy (non-hydrogen) atoms. The number of hydrogen-bond donors (Lipinski definition) is 2. The molecule has 0 aliphatic carbocycles. The summed E-state index contributed by atoms with van der Waals surface area (Å²) in [6, 6.07) is 7.90. The molecule has 0 spiro atoms. The van der Waals surface area contributed by atoms with E-state index in [1.807, 2.05) is 0 Å². The zero-order valence-electron chi connectivity index (χ0n) is 16.6. The molecule has 7 nitrogen and oxygen atoms in total. The van der Waals surface area contributed by atoms with Gasteiger partial charge in [0.15, 0.2) is 11.5 Å². The topological polar surface area (TPSA) is 88.5 Å². The summed E-state index contributed by atoms with van der Waals surface area (Å²) >= 11 is 0. The highest BCUT2D eigenvalue weighted by Gasteiger charge is 2.21. The number of pyridine rings is 1. The number of H-pyrrole nitrogens is 1. The predicted octanol–water partition coefficient (Wildman–Crippen LogP) is 4.25. The van der Waals surface area contributed by atoms with Gasteiger partial charge >= 0.3 is 0 Å². The highest BCUT2D eigenvalue weighted by Crippen LogP contribution is 2.27. The Bertz CT molecular complexity index is 1540. The lowest BCUT2D eigenvalue weighted by Gasteiger charge is -2.21. The summed E-state index contributed by atoms with van der Waals surface area (Å²) in [6.45, 7) is 1.72. The fraction of sp³-hybridized carbons (Fsp3) is 0.0909. The molecule has 3 heterocycles. The Hall–Kier alpha value is -4.21. The molecule has 2 aromatic carbocycles. The molecule has 0 radical (unpaired) electrons. The minimum Gasteiger partial charge on any atom is -0.360 e. The SMILES string of the molecule is CC(Nc1ncnc2[nH]cnc12)c1cc2cccc(F)c2c(=O)n1-c1cc(F)ccc1F. The lowest BCUT2D eigenvalue weighted by atomic mass is 10.1. The Morgan fingerprint density at radius 3 is 2.72 bits per heavy atom. The number of anilines is 1. The Kier molecular flexibility index (Phi) is 4.62. The molecule has 0 amide bonds. The molecule has 10 heteroatoms. The van der Waals surface area contributed by atoms with Crippen LogP contribution < -0.4 is 10.9 Å². The Morgan fingerprint density at radius 2 is 1.88 bits per heavy atom. The summed E-state index contributed by atoms with van der Waals surface area (Å²) in [6.07, 6.45) is 2.80. The first-order chi connectivity index (χ1) is 15.4. The molecule has 0 aliphatic rings. The van der Waals surface area contributed by atoms with E-state index in [4.69, 9.17) is 0 Å². The van der Waals surface area contributed by atoms with Crippen molar-refractivity contribution in [2.75, 3.05) is 5.32 Å². The van der Waals surface area contributed by atoms with Crippen LogP contribution >= 0.6 is 0 Å². The molecular formula is C22H15F3N6O. The summed E-state index contributed by atoms with van der Waals surface area (Å²) in [4.78, 5) is 28.6. The fourth-order valence-corrected chi connectivity index (χ4v) is 3.71. The molecule has 5 aromatic rings. The van der Waals surface area contributed by atoms with Crippen molar-refractivity contribution in [3.8, 4) is 5.69 Å². The van der Waals surface area contributed by atoms with Crippen molar-refractivity contribution in [2.24, 2.45) is 0 Å². The summed E-state index contributed by atoms with van der Waals surface area (Å²) in [5.41, 5.74) is 0.124. The summed E-state index contributed by atoms with van der Waals surface area (Å²) < 4.78 is 44.2. The van der Waals surface area contributed by atoms with Crippen molar-refractivity contribution in [3.63, 3.8) is 0 Å². The molecule has 2 N–H and O–H groups in total. The van der Waals surface area contributed by atoms with E-state index in [-0.39, 0.29) is 16.8 Å². The van der Waals surface area contributed by atoms with Crippen molar-refractivity contribution >= 4 is 27.8 Å². The number of aromatic amines is 1. The summed E-state index contributed by atoms with van der Waals surface area (Å²) in [5, 5.41) is 3.25. The van der Waals surface area contributed by atoms with Crippen LogP contribution in [0.25, 0.3) is 27.6 Å². The van der Waals surface area contributed by atoms with Gasteiger partial charge in [-0.3, -0.25) is 9.36 Å². The van der Waals surface area contributed by atoms with Crippen molar-refractivity contribution < 1.29 is 13.2 Å². The lowest BCUT2D eigenvalue weighted by molar-refractivity contribution is 0.586. The van der Waals surface area contributed by atoms with Crippen LogP contribution in [-0.2, 0) is 0 Å². The molecule has 1 unspecified atom stereocenters. The van der Waals surface area contributed by atoms with Crippen LogP contribution in [0.4, 0.5) is 19.0 Å². The second kappa shape index (κ2) is 7.49. The second-order valence-electron chi connectivity index (χ2n) is 7.20. The summed E-state index contributed by atoms with van der Waals surface area (Å²) in [5.74, 6) is -1.93. The molecule has 0 aliphatic heterocycles. The zero-order valence-corrected chi connectivity index (χ0v) is 16.6. The highest BCUT2D eigenvalue weighted by molar-refractivity contribution is 5.84. The standard InChI is InChI=1S/C22H15F3N6O/c1-11(30-21-19-20(27-9-26-19)28-10-29-21)16-7-12-3-2-4-15(25)18(12)22(32)31(16)17-8-13(23)5-6-14(17)24/h2-11H,1H3,(H2,26,27,28,29,30). The minimum atomic E-state index is -0.825. The van der Waals surface area contributed by atoms with Crippen LogP contribution in [-0.4, -0.2) is 24.5 Å².